The van der Waals surface area contributed by atoms with Crippen LogP contribution in [-0.4, -0.2) is 44.7 Å². The number of carbonyl (C=O) groups is 1. The van der Waals surface area contributed by atoms with E-state index in [1.807, 2.05) is 6.07 Å². The van der Waals surface area contributed by atoms with Gasteiger partial charge in [0.15, 0.2) is 0 Å². The van der Waals surface area contributed by atoms with E-state index < -0.39 is 15.9 Å². The molecule has 0 saturated heterocycles. The fourth-order valence-corrected chi connectivity index (χ4v) is 3.49. The van der Waals surface area contributed by atoms with Crippen molar-refractivity contribution < 1.29 is 18.0 Å². The first kappa shape index (κ1) is 16.3. The fraction of sp³-hybridized carbons (Fsp3) is 0.500. The molecule has 1 amide bonds. The van der Waals surface area contributed by atoms with Gasteiger partial charge >= 0.3 is 0 Å². The van der Waals surface area contributed by atoms with Crippen LogP contribution in [0.5, 0.6) is 0 Å². The number of carbonyl (C=O) groups excluding carboxylic acids is 1. The van der Waals surface area contributed by atoms with Gasteiger partial charge in [-0.25, -0.2) is 8.42 Å². The smallest absolute Gasteiger partial charge is 0.264 e. The minimum absolute atomic E-state index is 0.0498. The summed E-state index contributed by atoms with van der Waals surface area (Å²) in [7, 11) is -3.00. The summed E-state index contributed by atoms with van der Waals surface area (Å²) in [5.41, 5.74) is 0.697. The van der Waals surface area contributed by atoms with Gasteiger partial charge in [-0.15, -0.1) is 11.3 Å². The van der Waals surface area contributed by atoms with Crippen LogP contribution in [-0.2, 0) is 19.5 Å². The number of thiophene rings is 1. The van der Waals surface area contributed by atoms with E-state index >= 15 is 0 Å². The van der Waals surface area contributed by atoms with Crippen LogP contribution in [0, 0.1) is 0 Å². The van der Waals surface area contributed by atoms with Gasteiger partial charge in [-0.3, -0.25) is 4.79 Å². The summed E-state index contributed by atoms with van der Waals surface area (Å²) >= 11 is 7.23. The van der Waals surface area contributed by atoms with Gasteiger partial charge in [0.05, 0.1) is 15.0 Å². The van der Waals surface area contributed by atoms with Crippen molar-refractivity contribution >= 4 is 44.4 Å². The molecule has 0 aliphatic carbocycles. The molecule has 1 N–H and O–H groups in total. The number of nitrogens with zero attached hydrogens (tertiary/aromatic N) is 1. The number of hydrogen-bond acceptors (Lipinski definition) is 6. The third-order valence-electron chi connectivity index (χ3n) is 2.81. The zero-order valence-corrected chi connectivity index (χ0v) is 13.7. The van der Waals surface area contributed by atoms with Gasteiger partial charge in [-0.05, 0) is 18.6 Å². The SMILES string of the molecule is CS(=O)(=O)CCCNC(=O)C1CC(c2ccc(Cl)s2)=NO1. The Labute approximate surface area is 132 Å². The number of oxime groups is 1. The van der Waals surface area contributed by atoms with Crippen LogP contribution in [0.25, 0.3) is 0 Å². The Morgan fingerprint density at radius 2 is 2.33 bits per heavy atom. The summed E-state index contributed by atoms with van der Waals surface area (Å²) in [6.45, 7) is 0.298. The quantitative estimate of drug-likeness (QED) is 0.787. The van der Waals surface area contributed by atoms with Crippen molar-refractivity contribution in [3.63, 3.8) is 0 Å². The Morgan fingerprint density at radius 1 is 1.57 bits per heavy atom. The number of hydrogen-bond donors (Lipinski definition) is 1. The first-order chi connectivity index (χ1) is 9.85. The summed E-state index contributed by atoms with van der Waals surface area (Å²) in [6, 6.07) is 3.60. The second kappa shape index (κ2) is 6.76. The molecule has 0 aromatic carbocycles. The van der Waals surface area contributed by atoms with E-state index in [2.05, 4.69) is 10.5 Å². The largest absolute Gasteiger partial charge is 0.382 e. The summed E-state index contributed by atoms with van der Waals surface area (Å²) in [5.74, 6) is -0.237. The molecule has 0 fully saturated rings. The fourth-order valence-electron chi connectivity index (χ4n) is 1.79. The normalized spacial score (nSPS) is 18.2. The predicted octanol–water partition coefficient (Wildman–Crippen LogP) is 1.45. The monoisotopic (exact) mass is 350 g/mol. The van der Waals surface area contributed by atoms with Gasteiger partial charge in [-0.1, -0.05) is 16.8 Å². The summed E-state index contributed by atoms with van der Waals surface area (Å²) in [5, 5.41) is 6.55. The molecule has 1 unspecified atom stereocenters. The van der Waals surface area contributed by atoms with Crippen molar-refractivity contribution in [3.8, 4) is 0 Å². The number of amides is 1. The molecule has 2 rings (SSSR count). The van der Waals surface area contributed by atoms with Crippen LogP contribution in [0.3, 0.4) is 0 Å². The van der Waals surface area contributed by atoms with E-state index in [-0.39, 0.29) is 11.7 Å². The van der Waals surface area contributed by atoms with Gasteiger partial charge in [-0.2, -0.15) is 0 Å². The highest BCUT2D eigenvalue weighted by molar-refractivity contribution is 7.90. The molecule has 1 aromatic heterocycles. The highest BCUT2D eigenvalue weighted by Crippen LogP contribution is 2.26. The third kappa shape index (κ3) is 4.98. The minimum Gasteiger partial charge on any atom is -0.382 e. The van der Waals surface area contributed by atoms with Crippen molar-refractivity contribution in [2.24, 2.45) is 5.16 Å². The Hall–Kier alpha value is -1.12. The van der Waals surface area contributed by atoms with E-state index in [0.717, 1.165) is 4.88 Å². The summed E-state index contributed by atoms with van der Waals surface area (Å²) in [6.07, 6.45) is 1.26. The van der Waals surface area contributed by atoms with E-state index in [4.69, 9.17) is 16.4 Å². The minimum atomic E-state index is -3.00. The van der Waals surface area contributed by atoms with Crippen LogP contribution in [0.15, 0.2) is 17.3 Å². The van der Waals surface area contributed by atoms with Crippen LogP contribution in [0.2, 0.25) is 4.34 Å². The molecule has 116 valence electrons. The van der Waals surface area contributed by atoms with Gasteiger partial charge in [0.2, 0.25) is 6.10 Å². The van der Waals surface area contributed by atoms with Gasteiger partial charge in [0, 0.05) is 19.2 Å². The number of rotatable bonds is 6. The van der Waals surface area contributed by atoms with Crippen molar-refractivity contribution in [2.75, 3.05) is 18.6 Å². The van der Waals surface area contributed by atoms with Gasteiger partial charge in [0.25, 0.3) is 5.91 Å². The lowest BCUT2D eigenvalue weighted by Gasteiger charge is -2.08. The van der Waals surface area contributed by atoms with Crippen LogP contribution in [0.4, 0.5) is 0 Å². The molecule has 1 aliphatic heterocycles. The summed E-state index contributed by atoms with van der Waals surface area (Å²) < 4.78 is 22.6. The van der Waals surface area contributed by atoms with E-state index in [9.17, 15) is 13.2 Å². The lowest BCUT2D eigenvalue weighted by Crippen LogP contribution is -2.35. The molecule has 6 nitrogen and oxygen atoms in total. The van der Waals surface area contributed by atoms with E-state index in [1.54, 1.807) is 6.07 Å². The molecule has 9 heteroatoms. The molecular weight excluding hydrogens is 336 g/mol. The molecule has 0 bridgehead atoms. The Balaban J connectivity index is 1.76. The molecule has 21 heavy (non-hydrogen) atoms. The zero-order chi connectivity index (χ0) is 15.5. The van der Waals surface area contributed by atoms with E-state index in [0.29, 0.717) is 29.4 Å². The highest BCUT2D eigenvalue weighted by Gasteiger charge is 2.29. The average molecular weight is 351 g/mol. The van der Waals surface area contributed by atoms with Gasteiger partial charge < -0.3 is 10.2 Å². The predicted molar refractivity (Wildman–Crippen MR) is 82.7 cm³/mol. The second-order valence-electron chi connectivity index (χ2n) is 4.71. The van der Waals surface area contributed by atoms with Crippen molar-refractivity contribution in [3.05, 3.63) is 21.3 Å². The average Bonchev–Trinajstić information content (AvgIpc) is 3.01. The van der Waals surface area contributed by atoms with Crippen LogP contribution < -0.4 is 5.32 Å². The lowest BCUT2D eigenvalue weighted by atomic mass is 10.1. The topological polar surface area (TPSA) is 84.8 Å². The number of nitrogens with one attached hydrogen (secondary N) is 1. The Kier molecular flexibility index (Phi) is 5.23. The van der Waals surface area contributed by atoms with Crippen LogP contribution in [0.1, 0.15) is 17.7 Å². The maximum atomic E-state index is 11.9. The number of sulfone groups is 1. The Morgan fingerprint density at radius 3 is 2.95 bits per heavy atom. The summed E-state index contributed by atoms with van der Waals surface area (Å²) in [4.78, 5) is 17.9. The third-order valence-corrected chi connectivity index (χ3v) is 5.12. The van der Waals surface area contributed by atoms with Crippen molar-refractivity contribution in [1.82, 2.24) is 5.32 Å². The molecule has 1 aromatic rings. The molecule has 2 heterocycles. The van der Waals surface area contributed by atoms with Gasteiger partial charge in [0.1, 0.15) is 15.5 Å². The van der Waals surface area contributed by atoms with E-state index in [1.165, 1.54) is 17.6 Å². The first-order valence-electron chi connectivity index (χ1n) is 6.29. The maximum Gasteiger partial charge on any atom is 0.264 e. The molecule has 0 radical (unpaired) electrons. The molecule has 1 aliphatic rings. The first-order valence-corrected chi connectivity index (χ1v) is 9.54. The zero-order valence-electron chi connectivity index (χ0n) is 11.3. The van der Waals surface area contributed by atoms with Crippen molar-refractivity contribution in [1.29, 1.82) is 0 Å². The maximum absolute atomic E-state index is 11.9. The second-order valence-corrected chi connectivity index (χ2v) is 8.69. The standard InChI is InChI=1S/C12H15ClN2O4S2/c1-21(17,18)6-2-5-14-12(16)9-7-8(15-19-9)10-3-4-11(13)20-10/h3-4,9H,2,5-7H2,1H3,(H,14,16). The van der Waals surface area contributed by atoms with Crippen LogP contribution >= 0.6 is 22.9 Å². The number of halogens is 1. The molecule has 0 spiro atoms. The lowest BCUT2D eigenvalue weighted by molar-refractivity contribution is -0.131. The Bertz CT molecular complexity index is 654. The van der Waals surface area contributed by atoms with Crippen molar-refractivity contribution in [2.45, 2.75) is 18.9 Å². The molecular formula is C12H15ClN2O4S2. The highest BCUT2D eigenvalue weighted by atomic mass is 35.5. The molecule has 1 atom stereocenters. The molecule has 0 saturated carbocycles.